The number of hydrogen-bond donors (Lipinski definition) is 4. The van der Waals surface area contributed by atoms with Crippen LogP contribution in [0.25, 0.3) is 0 Å². The Morgan fingerprint density at radius 1 is 1.18 bits per heavy atom. The SMILES string of the molecule is Cc1cc(NCCN(C)C(=O)O)nc(NC(=O)Nc2ccc3c(c2)OCO3)n1. The van der Waals surface area contributed by atoms with Crippen molar-refractivity contribution in [2.75, 3.05) is 42.9 Å². The second-order valence-corrected chi connectivity index (χ2v) is 6.00. The lowest BCUT2D eigenvalue weighted by molar-refractivity contribution is 0.157. The highest BCUT2D eigenvalue weighted by atomic mass is 16.7. The van der Waals surface area contributed by atoms with Crippen molar-refractivity contribution in [2.45, 2.75) is 6.92 Å². The van der Waals surface area contributed by atoms with Gasteiger partial charge in [0.25, 0.3) is 0 Å². The van der Waals surface area contributed by atoms with E-state index in [1.165, 1.54) is 7.05 Å². The van der Waals surface area contributed by atoms with E-state index in [-0.39, 0.29) is 19.3 Å². The molecule has 3 rings (SSSR count). The summed E-state index contributed by atoms with van der Waals surface area (Å²) in [7, 11) is 1.47. The maximum absolute atomic E-state index is 12.2. The predicted octanol–water partition coefficient (Wildman–Crippen LogP) is 2.18. The first-order valence-electron chi connectivity index (χ1n) is 8.42. The number of nitrogens with zero attached hydrogens (tertiary/aromatic N) is 3. The van der Waals surface area contributed by atoms with E-state index in [0.29, 0.717) is 35.2 Å². The number of aryl methyl sites for hydroxylation is 1. The number of carboxylic acid groups (broad SMARTS) is 1. The van der Waals surface area contributed by atoms with Crippen molar-refractivity contribution in [1.82, 2.24) is 14.9 Å². The van der Waals surface area contributed by atoms with E-state index in [0.717, 1.165) is 4.90 Å². The van der Waals surface area contributed by atoms with Crippen LogP contribution in [0, 0.1) is 6.92 Å². The first-order chi connectivity index (χ1) is 13.4. The highest BCUT2D eigenvalue weighted by molar-refractivity contribution is 5.98. The van der Waals surface area contributed by atoms with Crippen molar-refractivity contribution in [3.8, 4) is 11.5 Å². The molecule has 0 saturated carbocycles. The van der Waals surface area contributed by atoms with Crippen molar-refractivity contribution < 1.29 is 24.2 Å². The van der Waals surface area contributed by atoms with E-state index < -0.39 is 12.1 Å². The highest BCUT2D eigenvalue weighted by Crippen LogP contribution is 2.34. The largest absolute Gasteiger partial charge is 0.465 e. The lowest BCUT2D eigenvalue weighted by Crippen LogP contribution is -2.30. The zero-order valence-electron chi connectivity index (χ0n) is 15.4. The lowest BCUT2D eigenvalue weighted by Gasteiger charge is -2.14. The van der Waals surface area contributed by atoms with E-state index in [1.807, 2.05) is 0 Å². The third-order valence-corrected chi connectivity index (χ3v) is 3.79. The molecule has 2 heterocycles. The van der Waals surface area contributed by atoms with Crippen LogP contribution in [-0.2, 0) is 0 Å². The first-order valence-corrected chi connectivity index (χ1v) is 8.42. The predicted molar refractivity (Wildman–Crippen MR) is 101 cm³/mol. The number of urea groups is 1. The number of aromatic nitrogens is 2. The molecule has 0 bridgehead atoms. The number of anilines is 3. The summed E-state index contributed by atoms with van der Waals surface area (Å²) in [5, 5.41) is 17.1. The van der Waals surface area contributed by atoms with Gasteiger partial charge in [-0.1, -0.05) is 0 Å². The van der Waals surface area contributed by atoms with E-state index >= 15 is 0 Å². The van der Waals surface area contributed by atoms with Gasteiger partial charge in [-0.05, 0) is 19.1 Å². The molecule has 11 nitrogen and oxygen atoms in total. The van der Waals surface area contributed by atoms with Crippen molar-refractivity contribution in [1.29, 1.82) is 0 Å². The number of ether oxygens (including phenoxy) is 2. The normalized spacial score (nSPS) is 11.6. The number of benzene rings is 1. The number of amides is 3. The number of nitrogens with one attached hydrogen (secondary N) is 3. The molecule has 0 radical (unpaired) electrons. The molecule has 0 fully saturated rings. The standard InChI is InChI=1S/C17H20N6O5/c1-10-7-14(18-5-6-23(2)17(25)26)21-15(19-10)22-16(24)20-11-3-4-12-13(8-11)28-9-27-12/h3-4,7-8H,5-6,9H2,1-2H3,(H,25,26)(H3,18,19,20,21,22,24). The molecule has 28 heavy (non-hydrogen) atoms. The Bertz CT molecular complexity index is 890. The summed E-state index contributed by atoms with van der Waals surface area (Å²) >= 11 is 0. The smallest absolute Gasteiger partial charge is 0.407 e. The first kappa shape index (κ1) is 19.0. The molecule has 148 valence electrons. The summed E-state index contributed by atoms with van der Waals surface area (Å²) in [6.45, 7) is 2.56. The summed E-state index contributed by atoms with van der Waals surface area (Å²) in [6, 6.07) is 6.24. The Kier molecular flexibility index (Phi) is 5.63. The van der Waals surface area contributed by atoms with Crippen LogP contribution < -0.4 is 25.4 Å². The molecule has 2 aromatic rings. The summed E-state index contributed by atoms with van der Waals surface area (Å²) in [4.78, 5) is 32.5. The topological polar surface area (TPSA) is 138 Å². The number of rotatable bonds is 6. The van der Waals surface area contributed by atoms with Crippen LogP contribution in [-0.4, -0.2) is 59.0 Å². The Hall–Kier alpha value is -3.76. The minimum absolute atomic E-state index is 0.118. The molecule has 1 aliphatic heterocycles. The van der Waals surface area contributed by atoms with E-state index in [2.05, 4.69) is 25.9 Å². The van der Waals surface area contributed by atoms with Crippen molar-refractivity contribution >= 4 is 29.6 Å². The van der Waals surface area contributed by atoms with E-state index in [1.54, 1.807) is 31.2 Å². The van der Waals surface area contributed by atoms with Gasteiger partial charge in [0.05, 0.1) is 0 Å². The monoisotopic (exact) mass is 388 g/mol. The molecule has 1 aliphatic rings. The second-order valence-electron chi connectivity index (χ2n) is 6.00. The fraction of sp³-hybridized carbons (Fsp3) is 0.294. The van der Waals surface area contributed by atoms with Crippen LogP contribution >= 0.6 is 0 Å². The number of hydrogen-bond acceptors (Lipinski definition) is 7. The van der Waals surface area contributed by atoms with Crippen molar-refractivity contribution in [3.63, 3.8) is 0 Å². The summed E-state index contributed by atoms with van der Waals surface area (Å²) < 4.78 is 10.5. The van der Waals surface area contributed by atoms with Gasteiger partial charge in [0.15, 0.2) is 11.5 Å². The number of likely N-dealkylation sites (N-methyl/N-ethyl adjacent to an activating group) is 1. The molecule has 3 amide bonds. The molecule has 0 unspecified atom stereocenters. The molecule has 1 aromatic carbocycles. The molecular formula is C17H20N6O5. The minimum atomic E-state index is -1.01. The zero-order chi connectivity index (χ0) is 20.1. The highest BCUT2D eigenvalue weighted by Gasteiger charge is 2.14. The summed E-state index contributed by atoms with van der Waals surface area (Å²) in [6.07, 6.45) is -1.01. The van der Waals surface area contributed by atoms with Gasteiger partial charge in [-0.15, -0.1) is 0 Å². The Morgan fingerprint density at radius 2 is 1.96 bits per heavy atom. The quantitative estimate of drug-likeness (QED) is 0.591. The van der Waals surface area contributed by atoms with Gasteiger partial charge in [-0.2, -0.15) is 4.98 Å². The maximum atomic E-state index is 12.2. The van der Waals surface area contributed by atoms with Gasteiger partial charge in [0, 0.05) is 43.7 Å². The van der Waals surface area contributed by atoms with Crippen LogP contribution in [0.5, 0.6) is 11.5 Å². The van der Waals surface area contributed by atoms with Crippen molar-refractivity contribution in [3.05, 3.63) is 30.0 Å². The second kappa shape index (κ2) is 8.29. The molecule has 0 aliphatic carbocycles. The van der Waals surface area contributed by atoms with Gasteiger partial charge < -0.3 is 30.1 Å². The third-order valence-electron chi connectivity index (χ3n) is 3.79. The summed E-state index contributed by atoms with van der Waals surface area (Å²) in [5.41, 5.74) is 1.17. The molecule has 0 spiro atoms. The average molecular weight is 388 g/mol. The Labute approximate surface area is 160 Å². The third kappa shape index (κ3) is 4.90. The van der Waals surface area contributed by atoms with Crippen LogP contribution in [0.3, 0.4) is 0 Å². The van der Waals surface area contributed by atoms with Crippen LogP contribution in [0.1, 0.15) is 5.69 Å². The molecule has 1 aromatic heterocycles. The van der Waals surface area contributed by atoms with Gasteiger partial charge in [0.1, 0.15) is 5.82 Å². The fourth-order valence-corrected chi connectivity index (χ4v) is 2.40. The van der Waals surface area contributed by atoms with Gasteiger partial charge in [-0.3, -0.25) is 5.32 Å². The summed E-state index contributed by atoms with van der Waals surface area (Å²) in [5.74, 6) is 1.77. The Balaban J connectivity index is 1.58. The molecule has 4 N–H and O–H groups in total. The van der Waals surface area contributed by atoms with Crippen LogP contribution in [0.4, 0.5) is 27.0 Å². The maximum Gasteiger partial charge on any atom is 0.407 e. The molecular weight excluding hydrogens is 368 g/mol. The molecule has 0 atom stereocenters. The lowest BCUT2D eigenvalue weighted by atomic mass is 10.3. The zero-order valence-corrected chi connectivity index (χ0v) is 15.4. The minimum Gasteiger partial charge on any atom is -0.465 e. The van der Waals surface area contributed by atoms with E-state index in [9.17, 15) is 9.59 Å². The average Bonchev–Trinajstić information content (AvgIpc) is 3.08. The number of fused-ring (bicyclic) bond motifs is 1. The molecule has 11 heteroatoms. The molecule has 0 saturated heterocycles. The van der Waals surface area contributed by atoms with E-state index in [4.69, 9.17) is 14.6 Å². The number of carbonyl (C=O) groups excluding carboxylic acids is 1. The van der Waals surface area contributed by atoms with Crippen LogP contribution in [0.2, 0.25) is 0 Å². The number of carbonyl (C=O) groups is 2. The Morgan fingerprint density at radius 3 is 2.75 bits per heavy atom. The van der Waals surface area contributed by atoms with Crippen molar-refractivity contribution in [2.24, 2.45) is 0 Å². The van der Waals surface area contributed by atoms with Crippen LogP contribution in [0.15, 0.2) is 24.3 Å². The fourth-order valence-electron chi connectivity index (χ4n) is 2.40. The van der Waals surface area contributed by atoms with Gasteiger partial charge >= 0.3 is 12.1 Å². The van der Waals surface area contributed by atoms with Gasteiger partial charge in [-0.25, -0.2) is 14.6 Å². The van der Waals surface area contributed by atoms with Gasteiger partial charge in [0.2, 0.25) is 12.7 Å².